The van der Waals surface area contributed by atoms with Gasteiger partial charge >= 0.3 is 5.97 Å². The third-order valence-electron chi connectivity index (χ3n) is 14.4. The maximum absolute atomic E-state index is 14.3. The summed E-state index contributed by atoms with van der Waals surface area (Å²) in [6.45, 7) is 16.9. The van der Waals surface area contributed by atoms with Crippen molar-refractivity contribution in [3.63, 3.8) is 0 Å². The van der Waals surface area contributed by atoms with Crippen molar-refractivity contribution in [1.82, 2.24) is 0 Å². The smallest absolute Gasteiger partial charge is 0.313 e. The first-order chi connectivity index (χ1) is 17.8. The van der Waals surface area contributed by atoms with Gasteiger partial charge in [-0.15, -0.1) is 0 Å². The Labute approximate surface area is 231 Å². The zero-order chi connectivity index (χ0) is 27.0. The Morgan fingerprint density at radius 1 is 1.03 bits per heavy atom. The second kappa shape index (κ2) is 8.01. The van der Waals surface area contributed by atoms with E-state index in [1.165, 1.54) is 25.7 Å². The molecule has 38 heavy (non-hydrogen) atoms. The van der Waals surface area contributed by atoms with E-state index < -0.39 is 0 Å². The van der Waals surface area contributed by atoms with Crippen LogP contribution in [0.25, 0.3) is 0 Å². The molecule has 0 unspecified atom stereocenters. The van der Waals surface area contributed by atoms with Gasteiger partial charge in [0.25, 0.3) is 0 Å². The quantitative estimate of drug-likeness (QED) is 0.283. The van der Waals surface area contributed by atoms with Gasteiger partial charge in [-0.2, -0.15) is 0 Å². The Morgan fingerprint density at radius 2 is 1.79 bits per heavy atom. The molecule has 12 atom stereocenters. The van der Waals surface area contributed by atoms with E-state index in [1.807, 2.05) is 0 Å². The largest absolute Gasteiger partial charge is 0.462 e. The molecule has 6 aliphatic carbocycles. The van der Waals surface area contributed by atoms with Crippen molar-refractivity contribution < 1.29 is 14.6 Å². The van der Waals surface area contributed by atoms with E-state index in [2.05, 4.69) is 54.5 Å². The summed E-state index contributed by atoms with van der Waals surface area (Å²) >= 11 is 0. The molecule has 1 heterocycles. The van der Waals surface area contributed by atoms with Gasteiger partial charge in [0.15, 0.2) is 0 Å². The number of allylic oxidation sites excluding steroid dienone is 4. The number of hydrogen-bond donors (Lipinski definition) is 1. The minimum atomic E-state index is -0.348. The van der Waals surface area contributed by atoms with E-state index in [1.54, 1.807) is 16.7 Å². The number of rotatable bonds is 1. The molecule has 3 heteroatoms. The summed E-state index contributed by atoms with van der Waals surface area (Å²) in [5.74, 6) is 3.70. The summed E-state index contributed by atoms with van der Waals surface area (Å²) in [6.07, 6.45) is 13.6. The zero-order valence-electron chi connectivity index (χ0n) is 25.1. The molecule has 0 amide bonds. The summed E-state index contributed by atoms with van der Waals surface area (Å²) < 4.78 is 6.49. The predicted octanol–water partition coefficient (Wildman–Crippen LogP) is 7.88. The van der Waals surface area contributed by atoms with Crippen molar-refractivity contribution in [3.05, 3.63) is 22.8 Å². The summed E-state index contributed by atoms with van der Waals surface area (Å²) in [6, 6.07) is 0. The molecule has 3 nitrogen and oxygen atoms in total. The van der Waals surface area contributed by atoms with Crippen molar-refractivity contribution in [3.8, 4) is 0 Å². The molecule has 0 aromatic heterocycles. The molecule has 1 aliphatic heterocycles. The first-order valence-corrected chi connectivity index (χ1v) is 16.1. The molecule has 7 aliphatic rings. The lowest BCUT2D eigenvalue weighted by molar-refractivity contribution is -0.153. The third kappa shape index (κ3) is 3.04. The van der Waals surface area contributed by atoms with Gasteiger partial charge in [-0.1, -0.05) is 64.3 Å². The van der Waals surface area contributed by atoms with Crippen LogP contribution in [0.2, 0.25) is 0 Å². The van der Waals surface area contributed by atoms with Crippen LogP contribution in [0.5, 0.6) is 0 Å². The Bertz CT molecular complexity index is 1120. The maximum atomic E-state index is 14.3. The van der Waals surface area contributed by atoms with E-state index in [0.717, 1.165) is 38.5 Å². The second-order valence-corrected chi connectivity index (χ2v) is 16.5. The second-order valence-electron chi connectivity index (χ2n) is 16.5. The maximum Gasteiger partial charge on any atom is 0.313 e. The zero-order valence-corrected chi connectivity index (χ0v) is 25.1. The highest BCUT2D eigenvalue weighted by molar-refractivity contribution is 5.83. The van der Waals surface area contributed by atoms with Crippen LogP contribution in [0, 0.1) is 63.1 Å². The fourth-order valence-corrected chi connectivity index (χ4v) is 12.8. The minimum absolute atomic E-state index is 0.0937. The number of carbonyl (C=O) groups is 1. The van der Waals surface area contributed by atoms with Crippen LogP contribution >= 0.6 is 0 Å². The monoisotopic (exact) mass is 520 g/mol. The van der Waals surface area contributed by atoms with E-state index in [4.69, 9.17) is 4.74 Å². The minimum Gasteiger partial charge on any atom is -0.462 e. The Hall–Kier alpha value is -1.09. The van der Waals surface area contributed by atoms with E-state index in [-0.39, 0.29) is 39.8 Å². The lowest BCUT2D eigenvalue weighted by atomic mass is 9.47. The number of hydrogen-bond acceptors (Lipinski definition) is 3. The molecule has 2 bridgehead atoms. The average Bonchev–Trinajstić information content (AvgIpc) is 3.45. The summed E-state index contributed by atoms with van der Waals surface area (Å²) in [5, 5.41) is 11.3. The molecule has 3 saturated carbocycles. The fourth-order valence-electron chi connectivity index (χ4n) is 12.8. The van der Waals surface area contributed by atoms with E-state index in [0.29, 0.717) is 41.4 Å². The van der Waals surface area contributed by atoms with E-state index >= 15 is 0 Å². The topological polar surface area (TPSA) is 46.5 Å². The molecule has 7 rings (SSSR count). The highest BCUT2D eigenvalue weighted by Crippen LogP contribution is 2.77. The van der Waals surface area contributed by atoms with Crippen molar-refractivity contribution in [1.29, 1.82) is 0 Å². The summed E-state index contributed by atoms with van der Waals surface area (Å²) in [5.41, 5.74) is 4.89. The number of carbonyl (C=O) groups excluding carboxylic acids is 1. The van der Waals surface area contributed by atoms with E-state index in [9.17, 15) is 9.90 Å². The van der Waals surface area contributed by atoms with Crippen molar-refractivity contribution in [2.45, 2.75) is 125 Å². The van der Waals surface area contributed by atoms with Crippen LogP contribution in [-0.4, -0.2) is 23.3 Å². The molecule has 210 valence electrons. The highest BCUT2D eigenvalue weighted by atomic mass is 16.6. The van der Waals surface area contributed by atoms with Gasteiger partial charge in [0.05, 0.1) is 11.5 Å². The van der Waals surface area contributed by atoms with Gasteiger partial charge < -0.3 is 9.84 Å². The molecule has 0 aromatic carbocycles. The SMILES string of the molecule is CC1=CCC[C@@]2(C)C[C@@H]3OC(=O)[C@]4(C[C@H]5C[C@]4(C)C4=C5[C@@H](C)CC[C@H]5[C@@H](C(C)C)[C@H](O)C[C@]5(C)C4)[C@@H]3C[C@H]12. The lowest BCUT2D eigenvalue weighted by Gasteiger charge is -2.54. The number of aliphatic hydroxyl groups is 1. The Morgan fingerprint density at radius 3 is 2.53 bits per heavy atom. The van der Waals surface area contributed by atoms with Gasteiger partial charge in [-0.05, 0) is 117 Å². The summed E-state index contributed by atoms with van der Waals surface area (Å²) in [4.78, 5) is 14.3. The molecular formula is C35H52O3. The fraction of sp³-hybridized carbons (Fsp3) is 0.857. The van der Waals surface area contributed by atoms with Crippen molar-refractivity contribution >= 4 is 5.97 Å². The standard InChI is InChI=1S/C35H52O3/c1-19(2)29-23-11-10-21(4)30-22-14-34(7,26(30)16-33(23,6)17-27(29)36)35(15-22)25-13-24-20(3)9-8-12-32(24,5)18-28(25)38-31(35)37/h9,19,21-25,27-29,36H,8,10-18H2,1-7H3/t21-,22+,23-,24+,25+,27+,28-,29+,32-,33-,34+,35-/m0/s1. The van der Waals surface area contributed by atoms with Gasteiger partial charge in [-0.3, -0.25) is 4.79 Å². The first-order valence-electron chi connectivity index (χ1n) is 16.1. The van der Waals surface area contributed by atoms with Crippen LogP contribution in [0.4, 0.5) is 0 Å². The molecule has 0 radical (unpaired) electrons. The van der Waals surface area contributed by atoms with Crippen molar-refractivity contribution in [2.75, 3.05) is 0 Å². The Balaban J connectivity index is 1.30. The van der Waals surface area contributed by atoms with Crippen molar-refractivity contribution in [2.24, 2.45) is 63.1 Å². The van der Waals surface area contributed by atoms with Crippen LogP contribution in [0.3, 0.4) is 0 Å². The molecule has 1 saturated heterocycles. The number of esters is 1. The molecule has 1 N–H and O–H groups in total. The number of ether oxygens (including phenoxy) is 1. The highest BCUT2D eigenvalue weighted by Gasteiger charge is 2.75. The van der Waals surface area contributed by atoms with Crippen LogP contribution in [-0.2, 0) is 9.53 Å². The lowest BCUT2D eigenvalue weighted by Crippen LogP contribution is -2.52. The van der Waals surface area contributed by atoms with Gasteiger partial charge in [0.2, 0.25) is 0 Å². The normalized spacial score (nSPS) is 55.3. The van der Waals surface area contributed by atoms with Gasteiger partial charge in [-0.25, -0.2) is 0 Å². The van der Waals surface area contributed by atoms with Crippen LogP contribution in [0.15, 0.2) is 22.8 Å². The molecule has 0 aromatic rings. The third-order valence-corrected chi connectivity index (χ3v) is 14.4. The number of aliphatic hydroxyl groups excluding tert-OH is 1. The molecule has 1 spiro atoms. The Kier molecular flexibility index (Phi) is 5.45. The predicted molar refractivity (Wildman–Crippen MR) is 151 cm³/mol. The van der Waals surface area contributed by atoms with Gasteiger partial charge in [0.1, 0.15) is 6.10 Å². The average molecular weight is 521 g/mol. The number of fused-ring (bicyclic) bond motifs is 9. The molecular weight excluding hydrogens is 468 g/mol. The summed E-state index contributed by atoms with van der Waals surface area (Å²) in [7, 11) is 0. The first kappa shape index (κ1) is 25.8. The van der Waals surface area contributed by atoms with Crippen LogP contribution in [0.1, 0.15) is 113 Å². The van der Waals surface area contributed by atoms with Gasteiger partial charge in [0, 0.05) is 11.3 Å². The molecule has 4 fully saturated rings. The van der Waals surface area contributed by atoms with Crippen LogP contribution < -0.4 is 0 Å².